The molecule has 180 valence electrons. The Kier molecular flexibility index (Phi) is 9.13. The van der Waals surface area contributed by atoms with E-state index in [2.05, 4.69) is 56.4 Å². The molecule has 0 spiro atoms. The number of benzene rings is 1. The molecule has 0 bridgehead atoms. The van der Waals surface area contributed by atoms with Crippen molar-refractivity contribution in [1.82, 2.24) is 24.9 Å². The lowest BCUT2D eigenvalue weighted by Crippen LogP contribution is -2.56. The first kappa shape index (κ1) is 25.5. The highest BCUT2D eigenvalue weighted by Crippen LogP contribution is 2.19. The minimum Gasteiger partial charge on any atom is -0.356 e. The van der Waals surface area contributed by atoms with Crippen LogP contribution in [0.1, 0.15) is 24.0 Å². The summed E-state index contributed by atoms with van der Waals surface area (Å²) in [7, 11) is 3.66. The standard InChI is InChI=1S/C24H35N7O.HI/c1-19-4-6-21(7-5-19)16-29-10-8-20(9-11-29)14-26-24(25-2)30-12-13-31(23(32)18-30)22-15-27-28(3)17-22;/h4-7,15,17,20H,8-14,16,18H2,1-3H3,(H,25,26);1H. The molecular weight excluding hydrogens is 529 g/mol. The summed E-state index contributed by atoms with van der Waals surface area (Å²) < 4.78 is 1.72. The van der Waals surface area contributed by atoms with Crippen LogP contribution >= 0.6 is 24.0 Å². The van der Waals surface area contributed by atoms with Crippen LogP contribution in [-0.2, 0) is 18.4 Å². The number of aryl methyl sites for hydroxylation is 2. The lowest BCUT2D eigenvalue weighted by atomic mass is 9.96. The van der Waals surface area contributed by atoms with Gasteiger partial charge in [0.05, 0.1) is 11.9 Å². The van der Waals surface area contributed by atoms with Gasteiger partial charge in [-0.15, -0.1) is 24.0 Å². The van der Waals surface area contributed by atoms with E-state index in [1.165, 1.54) is 24.0 Å². The van der Waals surface area contributed by atoms with Crippen LogP contribution in [0.5, 0.6) is 0 Å². The number of aromatic nitrogens is 2. The van der Waals surface area contributed by atoms with Crippen molar-refractivity contribution < 1.29 is 4.79 Å². The summed E-state index contributed by atoms with van der Waals surface area (Å²) in [4.78, 5) is 23.6. The number of rotatable bonds is 5. The number of halogens is 1. The highest BCUT2D eigenvalue weighted by atomic mass is 127. The summed E-state index contributed by atoms with van der Waals surface area (Å²) in [5.74, 6) is 1.54. The van der Waals surface area contributed by atoms with Crippen molar-refractivity contribution in [1.29, 1.82) is 0 Å². The molecule has 2 aromatic rings. The number of hydrogen-bond acceptors (Lipinski definition) is 4. The summed E-state index contributed by atoms with van der Waals surface area (Å²) >= 11 is 0. The minimum atomic E-state index is 0. The molecule has 33 heavy (non-hydrogen) atoms. The maximum absolute atomic E-state index is 12.7. The third kappa shape index (κ3) is 6.69. The zero-order valence-corrected chi connectivity index (χ0v) is 22.2. The van der Waals surface area contributed by atoms with Crippen molar-refractivity contribution in [3.8, 4) is 0 Å². The monoisotopic (exact) mass is 565 g/mol. The van der Waals surface area contributed by atoms with Crippen molar-refractivity contribution in [3.63, 3.8) is 0 Å². The number of piperidine rings is 1. The largest absolute Gasteiger partial charge is 0.356 e. The molecule has 2 aliphatic rings. The number of carbonyl (C=O) groups excluding carboxylic acids is 1. The predicted octanol–water partition coefficient (Wildman–Crippen LogP) is 2.48. The molecule has 1 N–H and O–H groups in total. The van der Waals surface area contributed by atoms with Gasteiger partial charge in [0.15, 0.2) is 5.96 Å². The quantitative estimate of drug-likeness (QED) is 0.343. The van der Waals surface area contributed by atoms with E-state index in [1.807, 2.05) is 13.2 Å². The van der Waals surface area contributed by atoms with E-state index in [0.29, 0.717) is 19.0 Å². The normalized spacial score (nSPS) is 18.4. The molecule has 2 aliphatic heterocycles. The molecule has 0 radical (unpaired) electrons. The van der Waals surface area contributed by atoms with E-state index in [-0.39, 0.29) is 29.9 Å². The molecule has 9 heteroatoms. The second-order valence-corrected chi connectivity index (χ2v) is 8.97. The molecule has 8 nitrogen and oxygen atoms in total. The summed E-state index contributed by atoms with van der Waals surface area (Å²) in [6, 6.07) is 8.86. The summed E-state index contributed by atoms with van der Waals surface area (Å²) in [6.07, 6.45) is 5.99. The van der Waals surface area contributed by atoms with Gasteiger partial charge >= 0.3 is 0 Å². The fourth-order valence-corrected chi connectivity index (χ4v) is 4.54. The maximum atomic E-state index is 12.7. The molecule has 1 aromatic heterocycles. The number of anilines is 1. The van der Waals surface area contributed by atoms with Crippen LogP contribution in [0, 0.1) is 12.8 Å². The Morgan fingerprint density at radius 3 is 2.48 bits per heavy atom. The topological polar surface area (TPSA) is 69.0 Å². The second kappa shape index (κ2) is 11.8. The lowest BCUT2D eigenvalue weighted by Gasteiger charge is -2.36. The van der Waals surface area contributed by atoms with Crippen molar-refractivity contribution >= 4 is 41.5 Å². The van der Waals surface area contributed by atoms with E-state index < -0.39 is 0 Å². The zero-order chi connectivity index (χ0) is 22.5. The summed E-state index contributed by atoms with van der Waals surface area (Å²) in [5.41, 5.74) is 3.56. The van der Waals surface area contributed by atoms with E-state index in [0.717, 1.165) is 44.4 Å². The number of hydrogen-bond donors (Lipinski definition) is 1. The van der Waals surface area contributed by atoms with Crippen LogP contribution in [0.4, 0.5) is 5.69 Å². The Balaban J connectivity index is 0.00000306. The Bertz CT molecular complexity index is 935. The fraction of sp³-hybridized carbons (Fsp3) is 0.542. The highest BCUT2D eigenvalue weighted by molar-refractivity contribution is 14.0. The van der Waals surface area contributed by atoms with Crippen molar-refractivity contribution in [2.45, 2.75) is 26.3 Å². The van der Waals surface area contributed by atoms with Crippen LogP contribution in [-0.4, -0.2) is 77.8 Å². The number of aliphatic imine (C=N–C) groups is 1. The molecule has 2 fully saturated rings. The van der Waals surface area contributed by atoms with Gasteiger partial charge in [-0.25, -0.2) is 0 Å². The van der Waals surface area contributed by atoms with Gasteiger partial charge < -0.3 is 15.1 Å². The SMILES string of the molecule is CN=C(NCC1CCN(Cc2ccc(C)cc2)CC1)N1CCN(c2cnn(C)c2)C(=O)C1.I. The van der Waals surface area contributed by atoms with Crippen LogP contribution in [0.3, 0.4) is 0 Å². The Hall–Kier alpha value is -2.14. The number of guanidine groups is 1. The predicted molar refractivity (Wildman–Crippen MR) is 143 cm³/mol. The lowest BCUT2D eigenvalue weighted by molar-refractivity contribution is -0.120. The second-order valence-electron chi connectivity index (χ2n) is 8.97. The third-order valence-corrected chi connectivity index (χ3v) is 6.52. The average Bonchev–Trinajstić information content (AvgIpc) is 3.23. The third-order valence-electron chi connectivity index (χ3n) is 6.52. The first-order chi connectivity index (χ1) is 15.5. The van der Waals surface area contributed by atoms with Crippen LogP contribution in [0.2, 0.25) is 0 Å². The number of carbonyl (C=O) groups is 1. The molecule has 3 heterocycles. The van der Waals surface area contributed by atoms with E-state index in [9.17, 15) is 4.79 Å². The first-order valence-electron chi connectivity index (χ1n) is 11.5. The van der Waals surface area contributed by atoms with Gasteiger partial charge in [-0.3, -0.25) is 19.4 Å². The molecule has 1 amide bonds. The van der Waals surface area contributed by atoms with Gasteiger partial charge in [-0.2, -0.15) is 5.10 Å². The Morgan fingerprint density at radius 1 is 1.15 bits per heavy atom. The van der Waals surface area contributed by atoms with E-state index in [1.54, 1.807) is 22.8 Å². The molecule has 2 saturated heterocycles. The zero-order valence-electron chi connectivity index (χ0n) is 19.9. The molecule has 0 atom stereocenters. The van der Waals surface area contributed by atoms with Crippen LogP contribution in [0.15, 0.2) is 41.7 Å². The molecule has 1 aromatic carbocycles. The fourth-order valence-electron chi connectivity index (χ4n) is 4.54. The van der Waals surface area contributed by atoms with E-state index in [4.69, 9.17) is 0 Å². The number of nitrogens with one attached hydrogen (secondary N) is 1. The van der Waals surface area contributed by atoms with Crippen LogP contribution < -0.4 is 10.2 Å². The van der Waals surface area contributed by atoms with E-state index >= 15 is 0 Å². The van der Waals surface area contributed by atoms with Gasteiger partial charge in [0.2, 0.25) is 5.91 Å². The number of piperazine rings is 1. The minimum absolute atomic E-state index is 0. The Labute approximate surface area is 214 Å². The van der Waals surface area contributed by atoms with Crippen LogP contribution in [0.25, 0.3) is 0 Å². The smallest absolute Gasteiger partial charge is 0.246 e. The average molecular weight is 566 g/mol. The van der Waals surface area contributed by atoms with Gasteiger partial charge in [-0.1, -0.05) is 29.8 Å². The van der Waals surface area contributed by atoms with Crippen molar-refractivity contribution in [3.05, 3.63) is 47.8 Å². The number of amides is 1. The molecule has 0 saturated carbocycles. The number of likely N-dealkylation sites (tertiary alicyclic amines) is 1. The van der Waals surface area contributed by atoms with Gasteiger partial charge in [0.25, 0.3) is 0 Å². The number of nitrogens with zero attached hydrogens (tertiary/aromatic N) is 6. The van der Waals surface area contributed by atoms with Gasteiger partial charge in [-0.05, 0) is 44.3 Å². The first-order valence-corrected chi connectivity index (χ1v) is 11.5. The van der Waals surface area contributed by atoms with Gasteiger partial charge in [0, 0.05) is 46.5 Å². The Morgan fingerprint density at radius 2 is 1.88 bits per heavy atom. The van der Waals surface area contributed by atoms with Gasteiger partial charge in [0.1, 0.15) is 6.54 Å². The molecule has 4 rings (SSSR count). The highest BCUT2D eigenvalue weighted by Gasteiger charge is 2.28. The molecular formula is C24H36IN7O. The van der Waals surface area contributed by atoms with Crippen molar-refractivity contribution in [2.75, 3.05) is 51.2 Å². The molecule has 0 unspecified atom stereocenters. The van der Waals surface area contributed by atoms with Crippen molar-refractivity contribution in [2.24, 2.45) is 18.0 Å². The molecule has 0 aliphatic carbocycles. The summed E-state index contributed by atoms with van der Waals surface area (Å²) in [5, 5.41) is 7.71. The summed E-state index contributed by atoms with van der Waals surface area (Å²) in [6.45, 7) is 8.06. The maximum Gasteiger partial charge on any atom is 0.246 e.